The summed E-state index contributed by atoms with van der Waals surface area (Å²) in [6, 6.07) is 0. The highest BCUT2D eigenvalue weighted by molar-refractivity contribution is 5.93. The van der Waals surface area contributed by atoms with Crippen LogP contribution in [0, 0.1) is 6.92 Å². The molecule has 1 unspecified atom stereocenters. The van der Waals surface area contributed by atoms with Crippen LogP contribution in [-0.4, -0.2) is 38.9 Å². The zero-order valence-electron chi connectivity index (χ0n) is 11.4. The molecule has 0 saturated carbocycles. The van der Waals surface area contributed by atoms with Gasteiger partial charge in [0.05, 0.1) is 6.54 Å². The molecule has 1 fully saturated rings. The quantitative estimate of drug-likeness (QED) is 0.855. The number of aromatic nitrogens is 2. The van der Waals surface area contributed by atoms with Crippen molar-refractivity contribution in [3.63, 3.8) is 0 Å². The van der Waals surface area contributed by atoms with Crippen molar-refractivity contribution in [1.29, 1.82) is 0 Å². The zero-order valence-corrected chi connectivity index (χ0v) is 11.4. The maximum absolute atomic E-state index is 12.5. The average Bonchev–Trinajstić information content (AvgIpc) is 2.74. The second kappa shape index (κ2) is 4.99. The van der Waals surface area contributed by atoms with Crippen LogP contribution in [0.4, 0.5) is 0 Å². The summed E-state index contributed by atoms with van der Waals surface area (Å²) in [6.45, 7) is 5.95. The fourth-order valence-corrected chi connectivity index (χ4v) is 2.08. The van der Waals surface area contributed by atoms with Crippen molar-refractivity contribution in [2.24, 2.45) is 0 Å². The number of amides is 2. The minimum atomic E-state index is -0.855. The van der Waals surface area contributed by atoms with Crippen LogP contribution in [0.15, 0.2) is 4.52 Å². The van der Waals surface area contributed by atoms with Crippen molar-refractivity contribution in [3.8, 4) is 0 Å². The molecule has 0 aromatic carbocycles. The smallest absolute Gasteiger partial charge is 0.248 e. The fraction of sp³-hybridized carbons (Fsp3) is 0.667. The van der Waals surface area contributed by atoms with Gasteiger partial charge in [0.2, 0.25) is 17.7 Å². The van der Waals surface area contributed by atoms with Crippen LogP contribution in [0.1, 0.15) is 38.4 Å². The Kier molecular flexibility index (Phi) is 3.55. The van der Waals surface area contributed by atoms with Crippen molar-refractivity contribution < 1.29 is 14.1 Å². The molecular formula is C12H18N4O3. The van der Waals surface area contributed by atoms with Gasteiger partial charge in [-0.1, -0.05) is 12.1 Å². The summed E-state index contributed by atoms with van der Waals surface area (Å²) in [6.07, 6.45) is 0.831. The van der Waals surface area contributed by atoms with Crippen molar-refractivity contribution in [3.05, 3.63) is 11.7 Å². The van der Waals surface area contributed by atoms with Crippen LogP contribution in [0.3, 0.4) is 0 Å². The molecule has 2 amide bonds. The van der Waals surface area contributed by atoms with Gasteiger partial charge in [-0.15, -0.1) is 0 Å². The molecule has 0 radical (unpaired) electrons. The Morgan fingerprint density at radius 3 is 2.79 bits per heavy atom. The number of nitrogens with one attached hydrogen (secondary N) is 1. The molecule has 2 heterocycles. The zero-order chi connectivity index (χ0) is 14.0. The fourth-order valence-electron chi connectivity index (χ4n) is 2.08. The minimum absolute atomic E-state index is 0.107. The molecule has 1 aliphatic rings. The first kappa shape index (κ1) is 13.5. The van der Waals surface area contributed by atoms with Gasteiger partial charge in [-0.3, -0.25) is 9.59 Å². The van der Waals surface area contributed by atoms with Gasteiger partial charge in [0.15, 0.2) is 5.82 Å². The molecule has 0 bridgehead atoms. The first-order valence-electron chi connectivity index (χ1n) is 6.34. The Morgan fingerprint density at radius 1 is 1.47 bits per heavy atom. The van der Waals surface area contributed by atoms with E-state index in [1.807, 2.05) is 6.92 Å². The van der Waals surface area contributed by atoms with Crippen LogP contribution in [0.2, 0.25) is 0 Å². The molecular weight excluding hydrogens is 248 g/mol. The highest BCUT2D eigenvalue weighted by Gasteiger charge is 2.39. The van der Waals surface area contributed by atoms with E-state index in [-0.39, 0.29) is 24.8 Å². The van der Waals surface area contributed by atoms with Crippen LogP contribution in [0.5, 0.6) is 0 Å². The number of rotatable bonds is 3. The molecule has 1 aliphatic heterocycles. The van der Waals surface area contributed by atoms with Gasteiger partial charge in [-0.25, -0.2) is 0 Å². The lowest BCUT2D eigenvalue weighted by molar-refractivity contribution is -0.138. The van der Waals surface area contributed by atoms with Crippen molar-refractivity contribution in [2.75, 3.05) is 6.54 Å². The molecule has 1 saturated heterocycles. The van der Waals surface area contributed by atoms with E-state index in [2.05, 4.69) is 15.5 Å². The van der Waals surface area contributed by atoms with Crippen LogP contribution >= 0.6 is 0 Å². The second-order valence-electron chi connectivity index (χ2n) is 4.94. The highest BCUT2D eigenvalue weighted by atomic mass is 16.5. The van der Waals surface area contributed by atoms with E-state index in [0.29, 0.717) is 24.7 Å². The van der Waals surface area contributed by atoms with Gasteiger partial charge in [0.25, 0.3) is 0 Å². The third kappa shape index (κ3) is 2.74. The van der Waals surface area contributed by atoms with E-state index < -0.39 is 5.54 Å². The third-order valence-corrected chi connectivity index (χ3v) is 3.39. The van der Waals surface area contributed by atoms with E-state index in [0.717, 1.165) is 0 Å². The summed E-state index contributed by atoms with van der Waals surface area (Å²) in [5, 5.41) is 6.56. The summed E-state index contributed by atoms with van der Waals surface area (Å²) in [7, 11) is 0. The predicted molar refractivity (Wildman–Crippen MR) is 65.9 cm³/mol. The van der Waals surface area contributed by atoms with E-state index in [4.69, 9.17) is 4.52 Å². The Balaban J connectivity index is 2.19. The van der Waals surface area contributed by atoms with E-state index >= 15 is 0 Å². The monoisotopic (exact) mass is 266 g/mol. The summed E-state index contributed by atoms with van der Waals surface area (Å²) in [5.41, 5.74) is -0.855. The van der Waals surface area contributed by atoms with E-state index in [1.54, 1.807) is 18.7 Å². The lowest BCUT2D eigenvalue weighted by atomic mass is 9.97. The first-order valence-corrected chi connectivity index (χ1v) is 6.34. The first-order chi connectivity index (χ1) is 8.94. The third-order valence-electron chi connectivity index (χ3n) is 3.39. The van der Waals surface area contributed by atoms with Gasteiger partial charge in [-0.05, 0) is 13.3 Å². The van der Waals surface area contributed by atoms with Crippen molar-refractivity contribution >= 4 is 11.8 Å². The molecule has 7 heteroatoms. The number of aryl methyl sites for hydroxylation is 1. The lowest BCUT2D eigenvalue weighted by Crippen LogP contribution is -2.54. The van der Waals surface area contributed by atoms with E-state index in [9.17, 15) is 9.59 Å². The summed E-state index contributed by atoms with van der Waals surface area (Å²) in [5.74, 6) is 0.705. The molecule has 1 atom stereocenters. The number of nitrogens with zero attached hydrogens (tertiary/aromatic N) is 3. The van der Waals surface area contributed by atoms with Crippen LogP contribution < -0.4 is 5.32 Å². The van der Waals surface area contributed by atoms with Crippen molar-refractivity contribution in [1.82, 2.24) is 20.4 Å². The van der Waals surface area contributed by atoms with Gasteiger partial charge < -0.3 is 14.7 Å². The largest absolute Gasteiger partial charge is 0.342 e. The Hall–Kier alpha value is -1.92. The van der Waals surface area contributed by atoms with Gasteiger partial charge in [-0.2, -0.15) is 4.98 Å². The molecule has 7 nitrogen and oxygen atoms in total. The number of hydrogen-bond acceptors (Lipinski definition) is 5. The minimum Gasteiger partial charge on any atom is -0.342 e. The molecule has 0 aliphatic carbocycles. The molecule has 1 aromatic rings. The molecule has 0 spiro atoms. The summed E-state index contributed by atoms with van der Waals surface area (Å²) < 4.78 is 4.89. The predicted octanol–water partition coefficient (Wildman–Crippen LogP) is 0.395. The summed E-state index contributed by atoms with van der Waals surface area (Å²) in [4.78, 5) is 29.8. The molecule has 1 aromatic heterocycles. The Bertz CT molecular complexity index is 499. The standard InChI is InChI=1S/C12H18N4O3/c1-4-12(3)11(18)16(6-5-10(17)14-12)7-9-13-8(2)19-15-9/h4-7H2,1-3H3,(H,14,17). The molecule has 2 rings (SSSR count). The van der Waals surface area contributed by atoms with Gasteiger partial charge in [0.1, 0.15) is 5.54 Å². The van der Waals surface area contributed by atoms with Crippen LogP contribution in [0.25, 0.3) is 0 Å². The summed E-state index contributed by atoms with van der Waals surface area (Å²) >= 11 is 0. The maximum Gasteiger partial charge on any atom is 0.248 e. The van der Waals surface area contributed by atoms with Gasteiger partial charge >= 0.3 is 0 Å². The van der Waals surface area contributed by atoms with Gasteiger partial charge in [0, 0.05) is 19.9 Å². The second-order valence-corrected chi connectivity index (χ2v) is 4.94. The molecule has 1 N–H and O–H groups in total. The molecule has 19 heavy (non-hydrogen) atoms. The Labute approximate surface area is 111 Å². The number of hydrogen-bond donors (Lipinski definition) is 1. The van der Waals surface area contributed by atoms with Crippen LogP contribution in [-0.2, 0) is 16.1 Å². The van der Waals surface area contributed by atoms with E-state index in [1.165, 1.54) is 0 Å². The lowest BCUT2D eigenvalue weighted by Gasteiger charge is -2.30. The topological polar surface area (TPSA) is 88.3 Å². The highest BCUT2D eigenvalue weighted by Crippen LogP contribution is 2.18. The average molecular weight is 266 g/mol. The normalized spacial score (nSPS) is 24.3. The Morgan fingerprint density at radius 2 is 2.21 bits per heavy atom. The number of carbonyl (C=O) groups excluding carboxylic acids is 2. The maximum atomic E-state index is 12.5. The SMILES string of the molecule is CCC1(C)NC(=O)CCN(Cc2noc(C)n2)C1=O. The molecule has 104 valence electrons. The van der Waals surface area contributed by atoms with Crippen molar-refractivity contribution in [2.45, 2.75) is 45.7 Å². The number of carbonyl (C=O) groups is 2.